The lowest BCUT2D eigenvalue weighted by atomic mass is 9.89. The lowest BCUT2D eigenvalue weighted by molar-refractivity contribution is 0.344. The number of hydrogen-bond acceptors (Lipinski definition) is 3. The molecule has 1 saturated carbocycles. The summed E-state index contributed by atoms with van der Waals surface area (Å²) in [6.45, 7) is 18.1. The fourth-order valence-electron chi connectivity index (χ4n) is 7.79. The standard InChI is InChI=1S/C41H51N3O/c1-9-35-38(33-18-13-14-21-36(33)45-35)34-24-44(30-16-11-10-12-17-30)41(42-34)40(37-28(7)22-27(6)23-29(37)8)43-39-31(25(2)3)19-15-20-32(39)26(4)5/h13-15,18-26,30,40,43H,9-12,16-17H2,1-8H3. The molecule has 2 heterocycles. The van der Waals surface area contributed by atoms with Crippen molar-refractivity contribution >= 4 is 16.7 Å². The molecular formula is C41H51N3O. The highest BCUT2D eigenvalue weighted by atomic mass is 16.3. The topological polar surface area (TPSA) is 43.0 Å². The van der Waals surface area contributed by atoms with Gasteiger partial charge in [0.15, 0.2) is 0 Å². The lowest BCUT2D eigenvalue weighted by Crippen LogP contribution is -2.24. The molecule has 3 aromatic carbocycles. The van der Waals surface area contributed by atoms with E-state index in [2.05, 4.69) is 126 Å². The number of fused-ring (bicyclic) bond motifs is 1. The fraction of sp³-hybridized carbons (Fsp3) is 0.439. The Morgan fingerprint density at radius 2 is 1.51 bits per heavy atom. The van der Waals surface area contributed by atoms with Crippen LogP contribution in [0.3, 0.4) is 0 Å². The molecule has 6 rings (SSSR count). The Kier molecular flexibility index (Phi) is 8.95. The number of rotatable bonds is 9. The highest BCUT2D eigenvalue weighted by molar-refractivity contribution is 5.94. The van der Waals surface area contributed by atoms with Crippen LogP contribution in [0.15, 0.2) is 65.2 Å². The predicted octanol–water partition coefficient (Wildman–Crippen LogP) is 11.7. The summed E-state index contributed by atoms with van der Waals surface area (Å²) in [6.07, 6.45) is 9.40. The van der Waals surface area contributed by atoms with Crippen LogP contribution in [0, 0.1) is 20.8 Å². The maximum Gasteiger partial charge on any atom is 0.136 e. The summed E-state index contributed by atoms with van der Waals surface area (Å²) in [5, 5.41) is 5.36. The van der Waals surface area contributed by atoms with E-state index in [1.807, 2.05) is 0 Å². The van der Waals surface area contributed by atoms with E-state index in [9.17, 15) is 0 Å². The number of para-hydroxylation sites is 2. The van der Waals surface area contributed by atoms with E-state index in [4.69, 9.17) is 9.40 Å². The Morgan fingerprint density at radius 3 is 2.13 bits per heavy atom. The van der Waals surface area contributed by atoms with Crippen LogP contribution in [0.4, 0.5) is 5.69 Å². The Labute approximate surface area is 270 Å². The van der Waals surface area contributed by atoms with Gasteiger partial charge in [-0.25, -0.2) is 4.98 Å². The van der Waals surface area contributed by atoms with Crippen LogP contribution in [0.2, 0.25) is 0 Å². The highest BCUT2D eigenvalue weighted by Gasteiger charge is 2.31. The van der Waals surface area contributed by atoms with Gasteiger partial charge in [0.2, 0.25) is 0 Å². The van der Waals surface area contributed by atoms with Gasteiger partial charge < -0.3 is 14.3 Å². The molecule has 4 nitrogen and oxygen atoms in total. The van der Waals surface area contributed by atoms with E-state index < -0.39 is 0 Å². The number of anilines is 1. The quantitative estimate of drug-likeness (QED) is 0.183. The van der Waals surface area contributed by atoms with Crippen LogP contribution < -0.4 is 5.32 Å². The van der Waals surface area contributed by atoms with Crippen molar-refractivity contribution in [2.24, 2.45) is 0 Å². The molecule has 1 N–H and O–H groups in total. The van der Waals surface area contributed by atoms with E-state index in [1.54, 1.807) is 0 Å². The van der Waals surface area contributed by atoms with Gasteiger partial charge in [0, 0.05) is 29.7 Å². The molecule has 1 aliphatic rings. The van der Waals surface area contributed by atoms with Gasteiger partial charge in [-0.2, -0.15) is 0 Å². The van der Waals surface area contributed by atoms with Crippen molar-refractivity contribution in [2.75, 3.05) is 5.32 Å². The molecule has 0 radical (unpaired) electrons. The van der Waals surface area contributed by atoms with E-state index >= 15 is 0 Å². The van der Waals surface area contributed by atoms with Crippen molar-refractivity contribution in [2.45, 2.75) is 118 Å². The van der Waals surface area contributed by atoms with Crippen LogP contribution >= 0.6 is 0 Å². The molecule has 0 bridgehead atoms. The third-order valence-electron chi connectivity index (χ3n) is 9.92. The first kappa shape index (κ1) is 31.2. The molecule has 236 valence electrons. The Balaban J connectivity index is 1.63. The maximum absolute atomic E-state index is 6.41. The fourth-order valence-corrected chi connectivity index (χ4v) is 7.79. The molecule has 0 aliphatic heterocycles. The highest BCUT2D eigenvalue weighted by Crippen LogP contribution is 2.43. The number of aromatic nitrogens is 2. The molecule has 45 heavy (non-hydrogen) atoms. The molecule has 1 aliphatic carbocycles. The number of hydrogen-bond donors (Lipinski definition) is 1. The van der Waals surface area contributed by atoms with Gasteiger partial charge in [-0.15, -0.1) is 0 Å². The molecule has 5 aromatic rings. The van der Waals surface area contributed by atoms with Crippen molar-refractivity contribution in [3.63, 3.8) is 0 Å². The number of benzene rings is 3. The molecule has 0 spiro atoms. The number of nitrogens with zero attached hydrogens (tertiary/aromatic N) is 2. The predicted molar refractivity (Wildman–Crippen MR) is 190 cm³/mol. The van der Waals surface area contributed by atoms with Crippen molar-refractivity contribution in [1.82, 2.24) is 9.55 Å². The SMILES string of the molecule is CCc1oc2ccccc2c1-c1cn(C2CCCCC2)c(C(Nc2c(C(C)C)cccc2C(C)C)c2c(C)cc(C)cc2C)n1. The lowest BCUT2D eigenvalue weighted by Gasteiger charge is -2.31. The van der Waals surface area contributed by atoms with Crippen LogP contribution in [-0.4, -0.2) is 9.55 Å². The summed E-state index contributed by atoms with van der Waals surface area (Å²) in [7, 11) is 0. The summed E-state index contributed by atoms with van der Waals surface area (Å²) in [4.78, 5) is 5.65. The molecule has 2 aromatic heterocycles. The van der Waals surface area contributed by atoms with Crippen LogP contribution in [0.1, 0.15) is 136 Å². The number of furan rings is 1. The largest absolute Gasteiger partial charge is 0.460 e. The average Bonchev–Trinajstić information content (AvgIpc) is 3.62. The van der Waals surface area contributed by atoms with Crippen LogP contribution in [0.25, 0.3) is 22.2 Å². The molecule has 1 unspecified atom stereocenters. The smallest absolute Gasteiger partial charge is 0.136 e. The van der Waals surface area contributed by atoms with E-state index in [-0.39, 0.29) is 6.04 Å². The van der Waals surface area contributed by atoms with Crippen LogP contribution in [-0.2, 0) is 6.42 Å². The van der Waals surface area contributed by atoms with Crippen molar-refractivity contribution in [3.8, 4) is 11.3 Å². The zero-order valence-electron chi connectivity index (χ0n) is 28.6. The minimum atomic E-state index is -0.109. The van der Waals surface area contributed by atoms with Gasteiger partial charge in [-0.05, 0) is 79.3 Å². The first-order valence-corrected chi connectivity index (χ1v) is 17.2. The Hall–Kier alpha value is -3.79. The minimum absolute atomic E-state index is 0.109. The van der Waals surface area contributed by atoms with Crippen molar-refractivity contribution < 1.29 is 4.42 Å². The third-order valence-corrected chi connectivity index (χ3v) is 9.92. The minimum Gasteiger partial charge on any atom is -0.460 e. The molecule has 1 atom stereocenters. The maximum atomic E-state index is 6.41. The summed E-state index contributed by atoms with van der Waals surface area (Å²) < 4.78 is 8.96. The molecule has 4 heteroatoms. The second-order valence-electron chi connectivity index (χ2n) is 13.9. The summed E-state index contributed by atoms with van der Waals surface area (Å²) >= 11 is 0. The van der Waals surface area contributed by atoms with Crippen molar-refractivity contribution in [3.05, 3.63) is 106 Å². The molecule has 1 fully saturated rings. The molecular weight excluding hydrogens is 550 g/mol. The van der Waals surface area contributed by atoms with Crippen LogP contribution in [0.5, 0.6) is 0 Å². The summed E-state index contributed by atoms with van der Waals surface area (Å²) in [6, 6.07) is 20.3. The van der Waals surface area contributed by atoms with E-state index in [0.717, 1.165) is 40.2 Å². The van der Waals surface area contributed by atoms with Crippen molar-refractivity contribution in [1.29, 1.82) is 0 Å². The second kappa shape index (κ2) is 12.9. The van der Waals surface area contributed by atoms with Gasteiger partial charge >= 0.3 is 0 Å². The number of aryl methyl sites for hydroxylation is 4. The zero-order valence-corrected chi connectivity index (χ0v) is 28.6. The second-order valence-corrected chi connectivity index (χ2v) is 13.9. The Morgan fingerprint density at radius 1 is 0.867 bits per heavy atom. The van der Waals surface area contributed by atoms with Gasteiger partial charge in [-0.3, -0.25) is 0 Å². The Bertz CT molecular complexity index is 1750. The van der Waals surface area contributed by atoms with Gasteiger partial charge in [0.1, 0.15) is 23.2 Å². The first-order valence-electron chi connectivity index (χ1n) is 17.2. The summed E-state index contributed by atoms with van der Waals surface area (Å²) in [5.74, 6) is 2.90. The monoisotopic (exact) mass is 601 g/mol. The average molecular weight is 602 g/mol. The first-order chi connectivity index (χ1) is 21.7. The molecule has 0 saturated heterocycles. The van der Waals surface area contributed by atoms with Gasteiger partial charge in [-0.1, -0.05) is 108 Å². The van der Waals surface area contributed by atoms with Gasteiger partial charge in [0.25, 0.3) is 0 Å². The zero-order chi connectivity index (χ0) is 31.8. The van der Waals surface area contributed by atoms with E-state index in [1.165, 1.54) is 71.2 Å². The summed E-state index contributed by atoms with van der Waals surface area (Å²) in [5.41, 5.74) is 12.3. The van der Waals surface area contributed by atoms with Gasteiger partial charge in [0.05, 0.1) is 11.3 Å². The normalized spacial score (nSPS) is 15.0. The third kappa shape index (κ3) is 5.96. The number of imidazole rings is 1. The van der Waals surface area contributed by atoms with E-state index in [0.29, 0.717) is 17.9 Å². The number of nitrogens with one attached hydrogen (secondary N) is 1. The molecule has 0 amide bonds.